The molecule has 1 aliphatic heterocycles. The highest BCUT2D eigenvalue weighted by Gasteiger charge is 2.23. The molecule has 0 spiro atoms. The molecule has 0 saturated carbocycles. The molecule has 8 heteroatoms. The first-order chi connectivity index (χ1) is 13.3. The smallest absolute Gasteiger partial charge is 0.341 e. The molecule has 0 radical (unpaired) electrons. The summed E-state index contributed by atoms with van der Waals surface area (Å²) >= 11 is 0. The van der Waals surface area contributed by atoms with Gasteiger partial charge in [-0.3, -0.25) is 9.59 Å². The number of aryl methyl sites for hydroxylation is 2. The molecule has 2 N–H and O–H groups in total. The third-order valence-corrected chi connectivity index (χ3v) is 4.37. The fraction of sp³-hybridized carbons (Fsp3) is 0.250. The number of carbonyl (C=O) groups excluding carboxylic acids is 2. The lowest BCUT2D eigenvalue weighted by Gasteiger charge is -2.26. The normalized spacial score (nSPS) is 12.8. The first-order valence-corrected chi connectivity index (χ1v) is 8.57. The Morgan fingerprint density at radius 3 is 2.54 bits per heavy atom. The van der Waals surface area contributed by atoms with Crippen molar-refractivity contribution in [3.05, 3.63) is 47.0 Å². The van der Waals surface area contributed by atoms with Gasteiger partial charge in [0.25, 0.3) is 11.8 Å². The van der Waals surface area contributed by atoms with Crippen LogP contribution in [0.1, 0.15) is 21.5 Å². The van der Waals surface area contributed by atoms with Crippen LogP contribution >= 0.6 is 0 Å². The summed E-state index contributed by atoms with van der Waals surface area (Å²) in [6.45, 7) is 3.04. The van der Waals surface area contributed by atoms with E-state index in [2.05, 4.69) is 5.32 Å². The van der Waals surface area contributed by atoms with Crippen LogP contribution in [-0.4, -0.2) is 43.2 Å². The van der Waals surface area contributed by atoms with Crippen LogP contribution in [0.5, 0.6) is 11.5 Å². The van der Waals surface area contributed by atoms with Gasteiger partial charge in [0.15, 0.2) is 13.2 Å². The van der Waals surface area contributed by atoms with E-state index in [-0.39, 0.29) is 18.4 Å². The van der Waals surface area contributed by atoms with Gasteiger partial charge in [0.1, 0.15) is 11.5 Å². The zero-order chi connectivity index (χ0) is 20.4. The fourth-order valence-electron chi connectivity index (χ4n) is 3.00. The molecule has 146 valence electrons. The number of aliphatic carboxylic acids is 1. The molecule has 0 fully saturated rings. The van der Waals surface area contributed by atoms with E-state index >= 15 is 0 Å². The van der Waals surface area contributed by atoms with E-state index < -0.39 is 12.6 Å². The van der Waals surface area contributed by atoms with Crippen LogP contribution in [0.2, 0.25) is 0 Å². The lowest BCUT2D eigenvalue weighted by atomic mass is 10.0. The Kier molecular flexibility index (Phi) is 5.21. The summed E-state index contributed by atoms with van der Waals surface area (Å²) in [5, 5.41) is 11.6. The molecule has 8 nitrogen and oxygen atoms in total. The molecule has 0 bridgehead atoms. The number of benzene rings is 2. The van der Waals surface area contributed by atoms with Crippen LogP contribution in [-0.2, 0) is 9.59 Å². The molecule has 1 heterocycles. The number of rotatable bonds is 5. The molecule has 0 aromatic heterocycles. The van der Waals surface area contributed by atoms with Crippen LogP contribution < -0.4 is 19.7 Å². The standard InChI is InChI=1S/C20H20N2O6/c1-11-6-13(7-12(2)19(11)28-10-18(24)25)20(26)21-14-4-5-16-15(8-14)22(3)17(23)9-27-16/h4-8H,9-10H2,1-3H3,(H,21,26)(H,24,25). The Hall–Kier alpha value is -3.55. The van der Waals surface area contributed by atoms with Crippen molar-refractivity contribution < 1.29 is 29.0 Å². The Bertz CT molecular complexity index is 946. The molecule has 2 aromatic rings. The Labute approximate surface area is 161 Å². The number of fused-ring (bicyclic) bond motifs is 1. The highest BCUT2D eigenvalue weighted by atomic mass is 16.5. The van der Waals surface area contributed by atoms with Crippen LogP contribution in [0.4, 0.5) is 11.4 Å². The van der Waals surface area contributed by atoms with Gasteiger partial charge >= 0.3 is 5.97 Å². The van der Waals surface area contributed by atoms with Gasteiger partial charge in [0, 0.05) is 18.3 Å². The largest absolute Gasteiger partial charge is 0.482 e. The van der Waals surface area contributed by atoms with E-state index in [1.54, 1.807) is 51.2 Å². The molecule has 0 atom stereocenters. The van der Waals surface area contributed by atoms with Gasteiger partial charge in [-0.15, -0.1) is 0 Å². The third kappa shape index (κ3) is 3.90. The average molecular weight is 384 g/mol. The maximum absolute atomic E-state index is 12.7. The summed E-state index contributed by atoms with van der Waals surface area (Å²) in [5.41, 5.74) is 2.84. The number of hydrogen-bond acceptors (Lipinski definition) is 5. The maximum Gasteiger partial charge on any atom is 0.341 e. The van der Waals surface area contributed by atoms with E-state index in [0.29, 0.717) is 39.6 Å². The predicted molar refractivity (Wildman–Crippen MR) is 102 cm³/mol. The van der Waals surface area contributed by atoms with Crippen molar-refractivity contribution in [2.24, 2.45) is 0 Å². The topological polar surface area (TPSA) is 105 Å². The van der Waals surface area contributed by atoms with Crippen LogP contribution in [0.25, 0.3) is 0 Å². The minimum Gasteiger partial charge on any atom is -0.482 e. The van der Waals surface area contributed by atoms with Crippen molar-refractivity contribution in [1.82, 2.24) is 0 Å². The van der Waals surface area contributed by atoms with E-state index in [1.807, 2.05) is 0 Å². The quantitative estimate of drug-likeness (QED) is 0.820. The van der Waals surface area contributed by atoms with Crippen molar-refractivity contribution in [2.45, 2.75) is 13.8 Å². The molecule has 0 unspecified atom stereocenters. The molecule has 0 saturated heterocycles. The molecular weight excluding hydrogens is 364 g/mol. The predicted octanol–water partition coefficient (Wildman–Crippen LogP) is 2.37. The molecule has 1 aliphatic rings. The van der Waals surface area contributed by atoms with Crippen molar-refractivity contribution in [3.63, 3.8) is 0 Å². The highest BCUT2D eigenvalue weighted by molar-refractivity contribution is 6.05. The van der Waals surface area contributed by atoms with Crippen molar-refractivity contribution in [3.8, 4) is 11.5 Å². The third-order valence-electron chi connectivity index (χ3n) is 4.37. The number of nitrogens with zero attached hydrogens (tertiary/aromatic N) is 1. The van der Waals surface area contributed by atoms with E-state index in [0.717, 1.165) is 0 Å². The molecule has 28 heavy (non-hydrogen) atoms. The summed E-state index contributed by atoms with van der Waals surface area (Å²) in [7, 11) is 1.65. The second-order valence-electron chi connectivity index (χ2n) is 6.50. The Balaban J connectivity index is 1.80. The van der Waals surface area contributed by atoms with E-state index in [9.17, 15) is 14.4 Å². The fourth-order valence-corrected chi connectivity index (χ4v) is 3.00. The zero-order valence-corrected chi connectivity index (χ0v) is 15.7. The van der Waals surface area contributed by atoms with Crippen molar-refractivity contribution in [2.75, 3.05) is 30.5 Å². The van der Waals surface area contributed by atoms with Crippen molar-refractivity contribution >= 4 is 29.2 Å². The molecule has 2 aromatic carbocycles. The van der Waals surface area contributed by atoms with Crippen LogP contribution in [0, 0.1) is 13.8 Å². The number of carboxylic acids is 1. The minimum absolute atomic E-state index is 0.00986. The monoisotopic (exact) mass is 384 g/mol. The molecule has 2 amide bonds. The summed E-state index contributed by atoms with van der Waals surface area (Å²) < 4.78 is 10.7. The lowest BCUT2D eigenvalue weighted by Crippen LogP contribution is -2.35. The van der Waals surface area contributed by atoms with Crippen LogP contribution in [0.15, 0.2) is 30.3 Å². The van der Waals surface area contributed by atoms with Gasteiger partial charge < -0.3 is 24.8 Å². The van der Waals surface area contributed by atoms with Gasteiger partial charge in [0.05, 0.1) is 5.69 Å². The zero-order valence-electron chi connectivity index (χ0n) is 15.7. The number of likely N-dealkylation sites (N-methyl/N-ethyl adjacent to an activating group) is 1. The lowest BCUT2D eigenvalue weighted by molar-refractivity contribution is -0.139. The number of amides is 2. The van der Waals surface area contributed by atoms with E-state index in [4.69, 9.17) is 14.6 Å². The molecular formula is C20H20N2O6. The minimum atomic E-state index is -1.07. The van der Waals surface area contributed by atoms with E-state index in [1.165, 1.54) is 4.90 Å². The number of carboxylic acid groups (broad SMARTS) is 1. The number of hydrogen-bond donors (Lipinski definition) is 2. The summed E-state index contributed by atoms with van der Waals surface area (Å²) in [6, 6.07) is 8.35. The second kappa shape index (κ2) is 7.59. The van der Waals surface area contributed by atoms with Gasteiger partial charge in [-0.05, 0) is 55.3 Å². The van der Waals surface area contributed by atoms with Crippen LogP contribution in [0.3, 0.4) is 0 Å². The Morgan fingerprint density at radius 1 is 1.21 bits per heavy atom. The number of anilines is 2. The number of ether oxygens (including phenoxy) is 2. The number of nitrogens with one attached hydrogen (secondary N) is 1. The maximum atomic E-state index is 12.7. The summed E-state index contributed by atoms with van der Waals surface area (Å²) in [4.78, 5) is 36.6. The molecule has 3 rings (SSSR count). The van der Waals surface area contributed by atoms with Gasteiger partial charge in [0.2, 0.25) is 0 Å². The first kappa shape index (κ1) is 19.2. The van der Waals surface area contributed by atoms with Crippen molar-refractivity contribution in [1.29, 1.82) is 0 Å². The Morgan fingerprint density at radius 2 is 1.89 bits per heavy atom. The SMILES string of the molecule is Cc1cc(C(=O)Nc2ccc3c(c2)N(C)C(=O)CO3)cc(C)c1OCC(=O)O. The first-order valence-electron chi connectivity index (χ1n) is 8.57. The van der Waals surface area contributed by atoms with Gasteiger partial charge in [-0.1, -0.05) is 0 Å². The summed E-state index contributed by atoms with van der Waals surface area (Å²) in [5.74, 6) is -0.544. The average Bonchev–Trinajstić information content (AvgIpc) is 2.64. The number of carbonyl (C=O) groups is 3. The van der Waals surface area contributed by atoms with Gasteiger partial charge in [-0.25, -0.2) is 4.79 Å². The second-order valence-corrected chi connectivity index (χ2v) is 6.50. The molecule has 0 aliphatic carbocycles. The van der Waals surface area contributed by atoms with Gasteiger partial charge in [-0.2, -0.15) is 0 Å². The summed E-state index contributed by atoms with van der Waals surface area (Å²) in [6.07, 6.45) is 0. The highest BCUT2D eigenvalue weighted by Crippen LogP contribution is 2.34.